The van der Waals surface area contributed by atoms with E-state index in [9.17, 15) is 13.2 Å². The highest BCUT2D eigenvalue weighted by Crippen LogP contribution is 2.24. The number of halogens is 3. The molecule has 1 aromatic carbocycles. The third-order valence-electron chi connectivity index (χ3n) is 3.56. The van der Waals surface area contributed by atoms with Crippen LogP contribution in [0.1, 0.15) is 30.2 Å². The molecule has 0 atom stereocenters. The van der Waals surface area contributed by atoms with Crippen LogP contribution in [0.2, 0.25) is 0 Å². The van der Waals surface area contributed by atoms with Gasteiger partial charge in [0, 0.05) is 12.4 Å². The number of nitrogens with zero attached hydrogens (tertiary/aromatic N) is 5. The van der Waals surface area contributed by atoms with E-state index < -0.39 is 17.8 Å². The van der Waals surface area contributed by atoms with E-state index in [4.69, 9.17) is 0 Å². The number of nitrogens with one attached hydrogen (secondary N) is 1. The molecule has 0 fully saturated rings. The van der Waals surface area contributed by atoms with Crippen LogP contribution in [-0.4, -0.2) is 25.0 Å². The van der Waals surface area contributed by atoms with Crippen LogP contribution in [0.5, 0.6) is 0 Å². The summed E-state index contributed by atoms with van der Waals surface area (Å²) in [6.07, 6.45) is 2.99. The lowest BCUT2D eigenvalue weighted by atomic mass is 10.2. The Balaban J connectivity index is 1.70. The second-order valence-corrected chi connectivity index (χ2v) is 5.28. The van der Waals surface area contributed by atoms with Crippen LogP contribution in [0.15, 0.2) is 36.8 Å². The number of hydrogen-bond donors (Lipinski definition) is 1. The summed E-state index contributed by atoms with van der Waals surface area (Å²) in [6.45, 7) is 2.33. The van der Waals surface area contributed by atoms with E-state index in [1.807, 2.05) is 6.92 Å². The van der Waals surface area contributed by atoms with E-state index in [-0.39, 0.29) is 0 Å². The van der Waals surface area contributed by atoms with E-state index in [0.29, 0.717) is 23.9 Å². The third kappa shape index (κ3) is 3.93. The van der Waals surface area contributed by atoms with Gasteiger partial charge in [0.25, 0.3) is 6.43 Å². The van der Waals surface area contributed by atoms with Gasteiger partial charge in [0.15, 0.2) is 0 Å². The molecule has 3 aromatic rings. The normalized spacial score (nSPS) is 11.1. The van der Waals surface area contributed by atoms with Gasteiger partial charge in [0.1, 0.15) is 11.5 Å². The standard InChI is InChI=1S/C16H15F3N6/c1-2-10-6-20-16(21-7-10)22-8-11-9-25(24-23-11)12-3-4-14(17)13(5-12)15(18)19/h3-7,9,15H,2,8H2,1H3,(H,20,21,22). The monoisotopic (exact) mass is 348 g/mol. The number of aromatic nitrogens is 5. The van der Waals surface area contributed by atoms with Gasteiger partial charge in [-0.05, 0) is 30.2 Å². The first-order valence-electron chi connectivity index (χ1n) is 7.60. The fraction of sp³-hybridized carbons (Fsp3) is 0.250. The molecule has 25 heavy (non-hydrogen) atoms. The quantitative estimate of drug-likeness (QED) is 0.740. The lowest BCUT2D eigenvalue weighted by Gasteiger charge is -2.05. The first kappa shape index (κ1) is 16.9. The summed E-state index contributed by atoms with van der Waals surface area (Å²) in [5.74, 6) is -0.498. The molecule has 0 aliphatic heterocycles. The van der Waals surface area contributed by atoms with E-state index in [0.717, 1.165) is 24.1 Å². The summed E-state index contributed by atoms with van der Waals surface area (Å²) >= 11 is 0. The summed E-state index contributed by atoms with van der Waals surface area (Å²) in [5.41, 5.74) is 1.23. The van der Waals surface area contributed by atoms with E-state index in [1.54, 1.807) is 18.6 Å². The molecule has 130 valence electrons. The van der Waals surface area contributed by atoms with Crippen LogP contribution in [-0.2, 0) is 13.0 Å². The van der Waals surface area contributed by atoms with Gasteiger partial charge >= 0.3 is 0 Å². The van der Waals surface area contributed by atoms with Crippen LogP contribution in [0.4, 0.5) is 19.1 Å². The molecule has 0 aliphatic rings. The zero-order chi connectivity index (χ0) is 17.8. The molecule has 0 saturated heterocycles. The summed E-state index contributed by atoms with van der Waals surface area (Å²) in [7, 11) is 0. The molecule has 2 heterocycles. The Morgan fingerprint density at radius 1 is 1.20 bits per heavy atom. The molecule has 1 N–H and O–H groups in total. The molecule has 0 bridgehead atoms. The molecule has 2 aromatic heterocycles. The Morgan fingerprint density at radius 3 is 2.64 bits per heavy atom. The maximum absolute atomic E-state index is 13.4. The minimum atomic E-state index is -2.90. The van der Waals surface area contributed by atoms with Crippen molar-refractivity contribution in [1.29, 1.82) is 0 Å². The second-order valence-electron chi connectivity index (χ2n) is 5.28. The number of anilines is 1. The topological polar surface area (TPSA) is 68.5 Å². The highest BCUT2D eigenvalue weighted by atomic mass is 19.3. The summed E-state index contributed by atoms with van der Waals surface area (Å²) in [4.78, 5) is 8.34. The summed E-state index contributed by atoms with van der Waals surface area (Å²) in [6, 6.07) is 3.40. The van der Waals surface area contributed by atoms with Crippen molar-refractivity contribution in [3.05, 3.63) is 59.4 Å². The van der Waals surface area contributed by atoms with E-state index >= 15 is 0 Å². The van der Waals surface area contributed by atoms with Crippen molar-refractivity contribution < 1.29 is 13.2 Å². The Labute approximate surface area is 141 Å². The average molecular weight is 348 g/mol. The predicted octanol–water partition coefficient (Wildman–Crippen LogP) is 3.31. The Morgan fingerprint density at radius 2 is 1.96 bits per heavy atom. The molecule has 0 radical (unpaired) electrons. The zero-order valence-corrected chi connectivity index (χ0v) is 13.3. The predicted molar refractivity (Wildman–Crippen MR) is 85.0 cm³/mol. The highest BCUT2D eigenvalue weighted by molar-refractivity contribution is 5.37. The molecule has 0 aliphatic carbocycles. The molecule has 3 rings (SSSR count). The molecular formula is C16H15F3N6. The third-order valence-corrected chi connectivity index (χ3v) is 3.56. The van der Waals surface area contributed by atoms with Gasteiger partial charge in [-0.25, -0.2) is 27.8 Å². The van der Waals surface area contributed by atoms with Crippen molar-refractivity contribution in [2.45, 2.75) is 26.3 Å². The zero-order valence-electron chi connectivity index (χ0n) is 13.3. The van der Waals surface area contributed by atoms with Gasteiger partial charge < -0.3 is 5.32 Å². The van der Waals surface area contributed by atoms with Gasteiger partial charge in [0.2, 0.25) is 5.95 Å². The van der Waals surface area contributed by atoms with Crippen molar-refractivity contribution in [2.75, 3.05) is 5.32 Å². The van der Waals surface area contributed by atoms with Crippen LogP contribution in [0, 0.1) is 5.82 Å². The lowest BCUT2D eigenvalue weighted by Crippen LogP contribution is -2.04. The SMILES string of the molecule is CCc1cnc(NCc2cn(-c3ccc(F)c(C(F)F)c3)nn2)nc1. The van der Waals surface area contributed by atoms with Gasteiger partial charge in [-0.2, -0.15) is 0 Å². The highest BCUT2D eigenvalue weighted by Gasteiger charge is 2.15. The largest absolute Gasteiger partial charge is 0.348 e. The molecule has 0 saturated carbocycles. The van der Waals surface area contributed by atoms with E-state index in [1.165, 1.54) is 10.7 Å². The number of benzene rings is 1. The number of aryl methyl sites for hydroxylation is 1. The van der Waals surface area contributed by atoms with Gasteiger partial charge in [-0.3, -0.25) is 0 Å². The summed E-state index contributed by atoms with van der Waals surface area (Å²) in [5, 5.41) is 10.8. The molecule has 0 spiro atoms. The van der Waals surface area contributed by atoms with Gasteiger partial charge in [-0.1, -0.05) is 12.1 Å². The molecule has 9 heteroatoms. The fourth-order valence-electron chi connectivity index (χ4n) is 2.14. The van der Waals surface area contributed by atoms with Crippen LogP contribution in [0.3, 0.4) is 0 Å². The Bertz CT molecular complexity index is 847. The summed E-state index contributed by atoms with van der Waals surface area (Å²) < 4.78 is 40.2. The van der Waals surface area contributed by atoms with Crippen molar-refractivity contribution in [3.8, 4) is 5.69 Å². The molecule has 6 nitrogen and oxygen atoms in total. The van der Waals surface area contributed by atoms with E-state index in [2.05, 4.69) is 25.6 Å². The maximum Gasteiger partial charge on any atom is 0.266 e. The van der Waals surface area contributed by atoms with Crippen molar-refractivity contribution in [2.24, 2.45) is 0 Å². The first-order chi connectivity index (χ1) is 12.1. The maximum atomic E-state index is 13.4. The fourth-order valence-corrected chi connectivity index (χ4v) is 2.14. The van der Waals surface area contributed by atoms with Crippen molar-refractivity contribution in [1.82, 2.24) is 25.0 Å². The number of alkyl halides is 2. The van der Waals surface area contributed by atoms with Gasteiger partial charge in [-0.15, -0.1) is 5.10 Å². The lowest BCUT2D eigenvalue weighted by molar-refractivity contribution is 0.146. The number of rotatable bonds is 6. The van der Waals surface area contributed by atoms with Crippen LogP contribution < -0.4 is 5.32 Å². The minimum Gasteiger partial charge on any atom is -0.348 e. The van der Waals surface area contributed by atoms with Crippen LogP contribution >= 0.6 is 0 Å². The molecule has 0 amide bonds. The van der Waals surface area contributed by atoms with Crippen molar-refractivity contribution >= 4 is 5.95 Å². The second kappa shape index (κ2) is 7.29. The Hall–Kier alpha value is -2.97. The van der Waals surface area contributed by atoms with Gasteiger partial charge in [0.05, 0.1) is 24.0 Å². The Kier molecular flexibility index (Phi) is 4.92. The number of hydrogen-bond acceptors (Lipinski definition) is 5. The minimum absolute atomic E-state index is 0.305. The average Bonchev–Trinajstić information content (AvgIpc) is 3.09. The van der Waals surface area contributed by atoms with Crippen molar-refractivity contribution in [3.63, 3.8) is 0 Å². The van der Waals surface area contributed by atoms with Crippen LogP contribution in [0.25, 0.3) is 5.69 Å². The first-order valence-corrected chi connectivity index (χ1v) is 7.60. The smallest absolute Gasteiger partial charge is 0.266 e. The molecule has 0 unspecified atom stereocenters. The molecular weight excluding hydrogens is 333 g/mol.